The Balaban J connectivity index is 1.38. The number of hydrogen-bond donors (Lipinski definition) is 1. The van der Waals surface area contributed by atoms with Gasteiger partial charge in [0.2, 0.25) is 0 Å². The minimum atomic E-state index is -0.575. The maximum Gasteiger partial charge on any atom is 0.360 e. The molecule has 1 aromatic heterocycles. The molecule has 1 aliphatic heterocycles. The van der Waals surface area contributed by atoms with Crippen molar-refractivity contribution in [3.8, 4) is 22.8 Å². The van der Waals surface area contributed by atoms with E-state index in [2.05, 4.69) is 22.4 Å². The Morgan fingerprint density at radius 1 is 1.00 bits per heavy atom. The molecular formula is C30H34N2O6. The molecule has 8 heteroatoms. The van der Waals surface area contributed by atoms with Crippen molar-refractivity contribution in [3.63, 3.8) is 0 Å². The van der Waals surface area contributed by atoms with Crippen LogP contribution >= 0.6 is 0 Å². The lowest BCUT2D eigenvalue weighted by Gasteiger charge is -2.19. The third kappa shape index (κ3) is 7.25. The zero-order valence-electron chi connectivity index (χ0n) is 22.3. The molecule has 0 fully saturated rings. The fraction of sp³-hybridized carbons (Fsp3) is 0.367. The summed E-state index contributed by atoms with van der Waals surface area (Å²) in [6.45, 7) is 6.87. The second kappa shape index (κ2) is 12.0. The van der Waals surface area contributed by atoms with Gasteiger partial charge in [0.1, 0.15) is 24.6 Å². The molecule has 2 aromatic carbocycles. The van der Waals surface area contributed by atoms with E-state index in [4.69, 9.17) is 18.9 Å². The molecule has 8 nitrogen and oxygen atoms in total. The molecule has 0 saturated heterocycles. The van der Waals surface area contributed by atoms with Crippen LogP contribution in [0.3, 0.4) is 0 Å². The first-order valence-corrected chi connectivity index (χ1v) is 12.7. The first-order chi connectivity index (χ1) is 18.2. The molecule has 200 valence electrons. The summed E-state index contributed by atoms with van der Waals surface area (Å²) in [5.74, 6) is 0.0564. The predicted molar refractivity (Wildman–Crippen MR) is 145 cm³/mol. The number of anilines is 1. The van der Waals surface area contributed by atoms with Crippen molar-refractivity contribution in [2.75, 3.05) is 32.2 Å². The third-order valence-electron chi connectivity index (χ3n) is 5.86. The average Bonchev–Trinajstić information content (AvgIpc) is 2.89. The van der Waals surface area contributed by atoms with Crippen molar-refractivity contribution in [2.45, 2.75) is 45.6 Å². The summed E-state index contributed by atoms with van der Waals surface area (Å²) in [5, 5.41) is 3.42. The molecule has 4 rings (SSSR count). The second-order valence-electron chi connectivity index (χ2n) is 10.0. The first kappa shape index (κ1) is 27.0. The van der Waals surface area contributed by atoms with Gasteiger partial charge in [0.25, 0.3) is 0 Å². The van der Waals surface area contributed by atoms with Gasteiger partial charge in [-0.2, -0.15) is 0 Å². The van der Waals surface area contributed by atoms with Crippen LogP contribution in [0.15, 0.2) is 54.6 Å². The largest absolute Gasteiger partial charge is 0.490 e. The number of aromatic nitrogens is 1. The number of carbonyl (C=O) groups is 2. The fourth-order valence-corrected chi connectivity index (χ4v) is 4.19. The molecule has 0 bridgehead atoms. The van der Waals surface area contributed by atoms with Gasteiger partial charge in [-0.15, -0.1) is 0 Å². The van der Waals surface area contributed by atoms with Gasteiger partial charge >= 0.3 is 11.9 Å². The molecule has 0 aliphatic carbocycles. The summed E-state index contributed by atoms with van der Waals surface area (Å²) >= 11 is 0. The number of nitrogens with zero attached hydrogens (tertiary/aromatic N) is 1. The Labute approximate surface area is 223 Å². The molecule has 1 N–H and O–H groups in total. The molecular weight excluding hydrogens is 484 g/mol. The minimum Gasteiger partial charge on any atom is -0.490 e. The highest BCUT2D eigenvalue weighted by Crippen LogP contribution is 2.30. The standard InChI is InChI=1S/C30H34N2O6/c1-30(2,3)38-27(33)18-20-7-5-9-23(17-20)36-15-16-37-26-13-12-24(32-28(26)29(34)35-4)22-11-10-21-8-6-14-31-25(21)19-22/h5,7,9-13,17,19,31H,6,8,14-16,18H2,1-4H3. The van der Waals surface area contributed by atoms with E-state index in [1.165, 1.54) is 12.7 Å². The number of esters is 2. The number of carbonyl (C=O) groups excluding carboxylic acids is 2. The van der Waals surface area contributed by atoms with E-state index in [0.717, 1.165) is 36.2 Å². The topological polar surface area (TPSA) is 96.0 Å². The number of ether oxygens (including phenoxy) is 4. The van der Waals surface area contributed by atoms with Crippen molar-refractivity contribution in [2.24, 2.45) is 0 Å². The molecule has 0 unspecified atom stereocenters. The lowest BCUT2D eigenvalue weighted by molar-refractivity contribution is -0.153. The molecule has 0 saturated carbocycles. The number of rotatable bonds is 9. The lowest BCUT2D eigenvalue weighted by Crippen LogP contribution is -2.24. The number of hydrogen-bond acceptors (Lipinski definition) is 8. The smallest absolute Gasteiger partial charge is 0.360 e. The molecule has 2 heterocycles. The normalized spacial score (nSPS) is 12.6. The third-order valence-corrected chi connectivity index (χ3v) is 5.86. The van der Waals surface area contributed by atoms with E-state index < -0.39 is 11.6 Å². The number of methoxy groups -OCH3 is 1. The Bertz CT molecular complexity index is 1300. The van der Waals surface area contributed by atoms with Crippen LogP contribution in [0.2, 0.25) is 0 Å². The Morgan fingerprint density at radius 2 is 1.82 bits per heavy atom. The summed E-state index contributed by atoms with van der Waals surface area (Å²) in [6.07, 6.45) is 2.32. The van der Waals surface area contributed by atoms with Gasteiger partial charge in [-0.3, -0.25) is 4.79 Å². The monoisotopic (exact) mass is 518 g/mol. The minimum absolute atomic E-state index is 0.107. The molecule has 3 aromatic rings. The van der Waals surface area contributed by atoms with Crippen molar-refractivity contribution < 1.29 is 28.5 Å². The summed E-state index contributed by atoms with van der Waals surface area (Å²) in [6, 6.07) is 17.0. The zero-order valence-corrected chi connectivity index (χ0v) is 22.3. The second-order valence-corrected chi connectivity index (χ2v) is 10.0. The summed E-state index contributed by atoms with van der Waals surface area (Å²) in [5.41, 5.74) is 4.32. The summed E-state index contributed by atoms with van der Waals surface area (Å²) in [7, 11) is 1.32. The van der Waals surface area contributed by atoms with E-state index >= 15 is 0 Å². The van der Waals surface area contributed by atoms with Gasteiger partial charge < -0.3 is 24.3 Å². The van der Waals surface area contributed by atoms with Gasteiger partial charge in [-0.1, -0.05) is 24.3 Å². The van der Waals surface area contributed by atoms with E-state index in [1.807, 2.05) is 51.1 Å². The molecule has 0 spiro atoms. The number of aryl methyl sites for hydroxylation is 1. The van der Waals surface area contributed by atoms with E-state index in [9.17, 15) is 9.59 Å². The molecule has 1 aliphatic rings. The van der Waals surface area contributed by atoms with Gasteiger partial charge in [-0.25, -0.2) is 9.78 Å². The van der Waals surface area contributed by atoms with E-state index in [-0.39, 0.29) is 31.3 Å². The SMILES string of the molecule is COC(=O)c1nc(-c2ccc3c(c2)NCCC3)ccc1OCCOc1cccc(CC(=O)OC(C)(C)C)c1. The van der Waals surface area contributed by atoms with Crippen molar-refractivity contribution in [3.05, 3.63) is 71.4 Å². The maximum absolute atomic E-state index is 12.5. The fourth-order valence-electron chi connectivity index (χ4n) is 4.19. The Kier molecular flexibility index (Phi) is 8.51. The van der Waals surface area contributed by atoms with Crippen LogP contribution in [-0.2, 0) is 27.1 Å². The van der Waals surface area contributed by atoms with Crippen LogP contribution in [0.4, 0.5) is 5.69 Å². The van der Waals surface area contributed by atoms with Crippen molar-refractivity contribution >= 4 is 17.6 Å². The zero-order chi connectivity index (χ0) is 27.1. The number of pyridine rings is 1. The summed E-state index contributed by atoms with van der Waals surface area (Å²) < 4.78 is 22.0. The van der Waals surface area contributed by atoms with Crippen LogP contribution in [0, 0.1) is 0 Å². The predicted octanol–water partition coefficient (Wildman–Crippen LogP) is 5.24. The van der Waals surface area contributed by atoms with Crippen LogP contribution in [-0.4, -0.2) is 49.4 Å². The van der Waals surface area contributed by atoms with Crippen LogP contribution in [0.25, 0.3) is 11.3 Å². The average molecular weight is 519 g/mol. The number of benzene rings is 2. The number of nitrogens with one attached hydrogen (secondary N) is 1. The van der Waals surface area contributed by atoms with Crippen molar-refractivity contribution in [1.82, 2.24) is 4.98 Å². The van der Waals surface area contributed by atoms with Gasteiger partial charge in [0.05, 0.1) is 19.2 Å². The van der Waals surface area contributed by atoms with Gasteiger partial charge in [0, 0.05) is 17.8 Å². The lowest BCUT2D eigenvalue weighted by atomic mass is 10.00. The molecule has 0 radical (unpaired) electrons. The van der Waals surface area contributed by atoms with Crippen LogP contribution in [0.1, 0.15) is 48.8 Å². The first-order valence-electron chi connectivity index (χ1n) is 12.7. The highest BCUT2D eigenvalue weighted by molar-refractivity contribution is 5.91. The summed E-state index contributed by atoms with van der Waals surface area (Å²) in [4.78, 5) is 29.1. The van der Waals surface area contributed by atoms with Crippen molar-refractivity contribution in [1.29, 1.82) is 0 Å². The maximum atomic E-state index is 12.5. The van der Waals surface area contributed by atoms with Gasteiger partial charge in [-0.05, 0) is 75.1 Å². The highest BCUT2D eigenvalue weighted by Gasteiger charge is 2.19. The number of fused-ring (bicyclic) bond motifs is 1. The quantitative estimate of drug-likeness (QED) is 0.304. The highest BCUT2D eigenvalue weighted by atomic mass is 16.6. The molecule has 0 amide bonds. The molecule has 38 heavy (non-hydrogen) atoms. The Morgan fingerprint density at radius 3 is 2.61 bits per heavy atom. The molecule has 0 atom stereocenters. The van der Waals surface area contributed by atoms with Crippen LogP contribution < -0.4 is 14.8 Å². The van der Waals surface area contributed by atoms with E-state index in [1.54, 1.807) is 12.1 Å². The van der Waals surface area contributed by atoms with Gasteiger partial charge in [0.15, 0.2) is 11.4 Å². The Hall–Kier alpha value is -4.07. The van der Waals surface area contributed by atoms with E-state index in [0.29, 0.717) is 17.2 Å². The van der Waals surface area contributed by atoms with Crippen LogP contribution in [0.5, 0.6) is 11.5 Å².